The number of thioether (sulfide) groups is 1. The van der Waals surface area contributed by atoms with Gasteiger partial charge >= 0.3 is 0 Å². The molecule has 0 heterocycles. The maximum Gasteiger partial charge on any atom is 0.248 e. The minimum absolute atomic E-state index is 0.129. The standard InChI is InChI=1S/C18H20ClFN2O3S2/c1-4-16(18(23)21-15-7-5-6-8-17(15)26-2)22(27(3,24)25)12-9-10-14(20)13(19)11-12/h5-11,16H,4H2,1-3H3,(H,21,23)/t16-/m1/s1. The second-order valence-corrected chi connectivity index (χ2v) is 8.89. The van der Waals surface area contributed by atoms with Gasteiger partial charge in [0.1, 0.15) is 11.9 Å². The molecule has 2 rings (SSSR count). The molecule has 0 radical (unpaired) electrons. The van der Waals surface area contributed by atoms with Crippen molar-refractivity contribution >= 4 is 50.7 Å². The van der Waals surface area contributed by atoms with Crippen molar-refractivity contribution in [1.82, 2.24) is 0 Å². The fraction of sp³-hybridized carbons (Fsp3) is 0.278. The van der Waals surface area contributed by atoms with Crippen LogP contribution in [-0.2, 0) is 14.8 Å². The number of carbonyl (C=O) groups excluding carboxylic acids is 1. The van der Waals surface area contributed by atoms with Crippen molar-refractivity contribution in [1.29, 1.82) is 0 Å². The number of carbonyl (C=O) groups is 1. The molecule has 146 valence electrons. The van der Waals surface area contributed by atoms with Gasteiger partial charge in [0.25, 0.3) is 0 Å². The number of halogens is 2. The summed E-state index contributed by atoms with van der Waals surface area (Å²) in [6.45, 7) is 1.70. The normalized spacial score (nSPS) is 12.5. The number of hydrogen-bond acceptors (Lipinski definition) is 4. The molecule has 0 aliphatic rings. The van der Waals surface area contributed by atoms with Crippen molar-refractivity contribution in [3.05, 3.63) is 53.3 Å². The Kier molecular flexibility index (Phi) is 7.13. The van der Waals surface area contributed by atoms with Gasteiger partial charge in [0.2, 0.25) is 15.9 Å². The highest BCUT2D eigenvalue weighted by molar-refractivity contribution is 7.98. The van der Waals surface area contributed by atoms with Crippen LogP contribution in [0.1, 0.15) is 13.3 Å². The lowest BCUT2D eigenvalue weighted by molar-refractivity contribution is -0.117. The molecular formula is C18H20ClFN2O3S2. The Morgan fingerprint density at radius 2 is 1.96 bits per heavy atom. The van der Waals surface area contributed by atoms with E-state index < -0.39 is 27.8 Å². The molecule has 0 aliphatic carbocycles. The van der Waals surface area contributed by atoms with Crippen LogP contribution >= 0.6 is 23.4 Å². The minimum atomic E-state index is -3.83. The Labute approximate surface area is 168 Å². The molecule has 0 aromatic heterocycles. The number of benzene rings is 2. The molecule has 0 unspecified atom stereocenters. The van der Waals surface area contributed by atoms with Gasteiger partial charge in [0.05, 0.1) is 22.7 Å². The summed E-state index contributed by atoms with van der Waals surface area (Å²) >= 11 is 7.27. The lowest BCUT2D eigenvalue weighted by atomic mass is 10.1. The lowest BCUT2D eigenvalue weighted by Gasteiger charge is -2.30. The summed E-state index contributed by atoms with van der Waals surface area (Å²) in [5.41, 5.74) is 0.725. The smallest absolute Gasteiger partial charge is 0.248 e. The zero-order chi connectivity index (χ0) is 20.2. The fourth-order valence-electron chi connectivity index (χ4n) is 2.65. The number of amides is 1. The number of hydrogen-bond donors (Lipinski definition) is 1. The van der Waals surface area contributed by atoms with E-state index in [2.05, 4.69) is 5.32 Å². The molecule has 1 N–H and O–H groups in total. The number of para-hydroxylation sites is 1. The summed E-state index contributed by atoms with van der Waals surface area (Å²) in [7, 11) is -3.83. The predicted molar refractivity (Wildman–Crippen MR) is 110 cm³/mol. The first-order valence-corrected chi connectivity index (χ1v) is 11.5. The van der Waals surface area contributed by atoms with Crippen molar-refractivity contribution in [2.45, 2.75) is 24.3 Å². The van der Waals surface area contributed by atoms with Crippen LogP contribution in [0, 0.1) is 5.82 Å². The van der Waals surface area contributed by atoms with E-state index in [1.54, 1.807) is 19.1 Å². The van der Waals surface area contributed by atoms with E-state index in [9.17, 15) is 17.6 Å². The van der Waals surface area contributed by atoms with Crippen LogP contribution in [0.4, 0.5) is 15.8 Å². The number of nitrogens with one attached hydrogen (secondary N) is 1. The molecule has 1 atom stereocenters. The third-order valence-electron chi connectivity index (χ3n) is 3.85. The maximum atomic E-state index is 13.5. The molecule has 9 heteroatoms. The maximum absolute atomic E-state index is 13.5. The molecule has 0 saturated carbocycles. The molecule has 1 amide bonds. The van der Waals surface area contributed by atoms with E-state index in [0.29, 0.717) is 5.69 Å². The summed E-state index contributed by atoms with van der Waals surface area (Å²) in [5.74, 6) is -1.15. The highest BCUT2D eigenvalue weighted by Gasteiger charge is 2.32. The van der Waals surface area contributed by atoms with Gasteiger partial charge in [-0.1, -0.05) is 30.7 Å². The largest absolute Gasteiger partial charge is 0.323 e. The molecule has 2 aromatic rings. The van der Waals surface area contributed by atoms with Crippen molar-refractivity contribution in [2.75, 3.05) is 22.1 Å². The average Bonchev–Trinajstić information content (AvgIpc) is 2.61. The van der Waals surface area contributed by atoms with Crippen LogP contribution in [0.2, 0.25) is 5.02 Å². The third-order valence-corrected chi connectivity index (χ3v) is 6.12. The van der Waals surface area contributed by atoms with E-state index in [-0.39, 0.29) is 17.1 Å². The topological polar surface area (TPSA) is 66.5 Å². The quantitative estimate of drug-likeness (QED) is 0.662. The van der Waals surface area contributed by atoms with E-state index in [1.807, 2.05) is 18.4 Å². The molecule has 0 fully saturated rings. The Hall–Kier alpha value is -1.77. The Morgan fingerprint density at radius 3 is 2.52 bits per heavy atom. The van der Waals surface area contributed by atoms with Gasteiger partial charge < -0.3 is 5.32 Å². The lowest BCUT2D eigenvalue weighted by Crippen LogP contribution is -2.47. The van der Waals surface area contributed by atoms with E-state index in [4.69, 9.17) is 11.6 Å². The average molecular weight is 431 g/mol. The SMILES string of the molecule is CC[C@H](C(=O)Nc1ccccc1SC)N(c1ccc(F)c(Cl)c1)S(C)(=O)=O. The highest BCUT2D eigenvalue weighted by Crippen LogP contribution is 2.29. The first-order valence-electron chi connectivity index (χ1n) is 8.07. The van der Waals surface area contributed by atoms with Crippen LogP contribution in [-0.4, -0.2) is 32.9 Å². The van der Waals surface area contributed by atoms with Crippen LogP contribution in [0.3, 0.4) is 0 Å². The van der Waals surface area contributed by atoms with Crippen molar-refractivity contribution in [2.24, 2.45) is 0 Å². The molecule has 2 aromatic carbocycles. The van der Waals surface area contributed by atoms with Gasteiger partial charge in [-0.3, -0.25) is 9.10 Å². The zero-order valence-electron chi connectivity index (χ0n) is 15.1. The summed E-state index contributed by atoms with van der Waals surface area (Å²) in [4.78, 5) is 13.7. The summed E-state index contributed by atoms with van der Waals surface area (Å²) in [5, 5.41) is 2.57. The summed E-state index contributed by atoms with van der Waals surface area (Å²) < 4.78 is 39.3. The molecular weight excluding hydrogens is 411 g/mol. The van der Waals surface area contributed by atoms with Gasteiger partial charge in [0.15, 0.2) is 0 Å². The molecule has 27 heavy (non-hydrogen) atoms. The third kappa shape index (κ3) is 5.15. The molecule has 0 spiro atoms. The van der Waals surface area contributed by atoms with Gasteiger partial charge in [-0.15, -0.1) is 11.8 Å². The molecule has 0 saturated heterocycles. The second-order valence-electron chi connectivity index (χ2n) is 5.77. The first kappa shape index (κ1) is 21.5. The summed E-state index contributed by atoms with van der Waals surface area (Å²) in [6.07, 6.45) is 3.09. The van der Waals surface area contributed by atoms with Gasteiger partial charge in [-0.25, -0.2) is 12.8 Å². The van der Waals surface area contributed by atoms with E-state index in [1.165, 1.54) is 23.9 Å². The zero-order valence-corrected chi connectivity index (χ0v) is 17.5. The van der Waals surface area contributed by atoms with Crippen molar-refractivity contribution in [3.63, 3.8) is 0 Å². The van der Waals surface area contributed by atoms with Gasteiger partial charge in [-0.2, -0.15) is 0 Å². The van der Waals surface area contributed by atoms with Crippen LogP contribution < -0.4 is 9.62 Å². The minimum Gasteiger partial charge on any atom is -0.323 e. The van der Waals surface area contributed by atoms with Crippen LogP contribution in [0.5, 0.6) is 0 Å². The monoisotopic (exact) mass is 430 g/mol. The van der Waals surface area contributed by atoms with Crippen LogP contribution in [0.15, 0.2) is 47.4 Å². The molecule has 5 nitrogen and oxygen atoms in total. The Bertz CT molecular complexity index is 938. The highest BCUT2D eigenvalue weighted by atomic mass is 35.5. The molecule has 0 aliphatic heterocycles. The number of nitrogens with zero attached hydrogens (tertiary/aromatic N) is 1. The van der Waals surface area contributed by atoms with E-state index in [0.717, 1.165) is 21.5 Å². The predicted octanol–water partition coefficient (Wildman–Crippen LogP) is 4.38. The first-order chi connectivity index (χ1) is 12.7. The number of anilines is 2. The summed E-state index contributed by atoms with van der Waals surface area (Å²) in [6, 6.07) is 9.77. The molecule has 0 bridgehead atoms. The Morgan fingerprint density at radius 1 is 1.30 bits per heavy atom. The van der Waals surface area contributed by atoms with Crippen LogP contribution in [0.25, 0.3) is 0 Å². The van der Waals surface area contributed by atoms with Gasteiger partial charge in [0, 0.05) is 4.90 Å². The van der Waals surface area contributed by atoms with Gasteiger partial charge in [-0.05, 0) is 43.0 Å². The van der Waals surface area contributed by atoms with E-state index >= 15 is 0 Å². The number of sulfonamides is 1. The fourth-order valence-corrected chi connectivity index (χ4v) is 4.58. The van der Waals surface area contributed by atoms with Crippen molar-refractivity contribution in [3.8, 4) is 0 Å². The number of rotatable bonds is 7. The van der Waals surface area contributed by atoms with Crippen molar-refractivity contribution < 1.29 is 17.6 Å². The Balaban J connectivity index is 2.43. The second kappa shape index (κ2) is 8.95.